The minimum absolute atomic E-state index is 0.00997. The van der Waals surface area contributed by atoms with Crippen molar-refractivity contribution in [1.29, 1.82) is 0 Å². The SMILES string of the molecule is Cc1cc2c(cc1CCNCC(N)CO)OCCO2. The highest BCUT2D eigenvalue weighted by molar-refractivity contribution is 5.47. The number of benzene rings is 1. The number of ether oxygens (including phenoxy) is 2. The van der Waals surface area contributed by atoms with Crippen LogP contribution in [0.15, 0.2) is 12.1 Å². The van der Waals surface area contributed by atoms with Crippen LogP contribution in [0.1, 0.15) is 11.1 Å². The lowest BCUT2D eigenvalue weighted by atomic mass is 10.0. The Morgan fingerprint density at radius 3 is 2.68 bits per heavy atom. The number of nitrogens with one attached hydrogen (secondary N) is 1. The van der Waals surface area contributed by atoms with E-state index in [1.54, 1.807) is 0 Å². The molecule has 0 aromatic heterocycles. The highest BCUT2D eigenvalue weighted by Gasteiger charge is 2.13. The molecule has 5 heteroatoms. The lowest BCUT2D eigenvalue weighted by Crippen LogP contribution is -2.37. The van der Waals surface area contributed by atoms with Crippen LogP contribution in [-0.4, -0.2) is 44.1 Å². The maximum atomic E-state index is 8.83. The third-order valence-electron chi connectivity index (χ3n) is 3.21. The second kappa shape index (κ2) is 6.75. The van der Waals surface area contributed by atoms with Crippen molar-refractivity contribution in [1.82, 2.24) is 5.32 Å². The van der Waals surface area contributed by atoms with E-state index in [1.165, 1.54) is 11.1 Å². The molecule has 1 aliphatic rings. The van der Waals surface area contributed by atoms with Crippen molar-refractivity contribution in [2.24, 2.45) is 5.73 Å². The van der Waals surface area contributed by atoms with E-state index in [1.807, 2.05) is 6.07 Å². The van der Waals surface area contributed by atoms with Gasteiger partial charge in [-0.1, -0.05) is 0 Å². The molecule has 0 saturated carbocycles. The summed E-state index contributed by atoms with van der Waals surface area (Å²) >= 11 is 0. The molecule has 2 rings (SSSR count). The lowest BCUT2D eigenvalue weighted by Gasteiger charge is -2.20. The van der Waals surface area contributed by atoms with Gasteiger partial charge >= 0.3 is 0 Å². The van der Waals surface area contributed by atoms with E-state index in [0.29, 0.717) is 19.8 Å². The van der Waals surface area contributed by atoms with E-state index < -0.39 is 0 Å². The number of nitrogens with two attached hydrogens (primary N) is 1. The van der Waals surface area contributed by atoms with Crippen LogP contribution in [-0.2, 0) is 6.42 Å². The van der Waals surface area contributed by atoms with Gasteiger partial charge in [-0.3, -0.25) is 0 Å². The molecule has 1 unspecified atom stereocenters. The number of aryl methyl sites for hydroxylation is 1. The topological polar surface area (TPSA) is 76.7 Å². The number of rotatable bonds is 6. The average molecular weight is 266 g/mol. The highest BCUT2D eigenvalue weighted by Crippen LogP contribution is 2.33. The Hall–Kier alpha value is -1.30. The molecule has 1 aromatic carbocycles. The van der Waals surface area contributed by atoms with Gasteiger partial charge in [-0.25, -0.2) is 0 Å². The molecule has 0 saturated heterocycles. The number of aliphatic hydroxyl groups excluding tert-OH is 1. The minimum Gasteiger partial charge on any atom is -0.486 e. The smallest absolute Gasteiger partial charge is 0.161 e. The quantitative estimate of drug-likeness (QED) is 0.642. The number of hydrogen-bond acceptors (Lipinski definition) is 5. The summed E-state index contributed by atoms with van der Waals surface area (Å²) in [6.45, 7) is 4.77. The molecule has 1 aromatic rings. The van der Waals surface area contributed by atoms with Gasteiger partial charge in [0.15, 0.2) is 11.5 Å². The first-order valence-electron chi connectivity index (χ1n) is 6.67. The molecule has 0 amide bonds. The van der Waals surface area contributed by atoms with Crippen molar-refractivity contribution >= 4 is 0 Å². The molecule has 19 heavy (non-hydrogen) atoms. The van der Waals surface area contributed by atoms with Crippen molar-refractivity contribution in [3.63, 3.8) is 0 Å². The Morgan fingerprint density at radius 2 is 2.00 bits per heavy atom. The van der Waals surface area contributed by atoms with Crippen LogP contribution >= 0.6 is 0 Å². The third-order valence-corrected chi connectivity index (χ3v) is 3.21. The zero-order valence-electron chi connectivity index (χ0n) is 11.3. The highest BCUT2D eigenvalue weighted by atomic mass is 16.6. The predicted molar refractivity (Wildman–Crippen MR) is 73.8 cm³/mol. The Kier molecular flexibility index (Phi) is 5.01. The second-order valence-electron chi connectivity index (χ2n) is 4.82. The van der Waals surface area contributed by atoms with Gasteiger partial charge in [0.05, 0.1) is 6.61 Å². The molecule has 1 aliphatic heterocycles. The summed E-state index contributed by atoms with van der Waals surface area (Å²) < 4.78 is 11.1. The third kappa shape index (κ3) is 3.83. The molecule has 1 atom stereocenters. The Bertz CT molecular complexity index is 423. The van der Waals surface area contributed by atoms with Crippen LogP contribution in [0.5, 0.6) is 11.5 Å². The van der Waals surface area contributed by atoms with E-state index in [0.717, 1.165) is 24.5 Å². The monoisotopic (exact) mass is 266 g/mol. The molecule has 0 spiro atoms. The first-order valence-corrected chi connectivity index (χ1v) is 6.67. The Balaban J connectivity index is 1.89. The number of fused-ring (bicyclic) bond motifs is 1. The number of aliphatic hydroxyl groups is 1. The Labute approximate surface area is 113 Å². The lowest BCUT2D eigenvalue weighted by molar-refractivity contribution is 0.171. The predicted octanol–water partition coefficient (Wildman–Crippen LogP) is 0.218. The summed E-state index contributed by atoms with van der Waals surface area (Å²) in [4.78, 5) is 0. The van der Waals surface area contributed by atoms with Crippen molar-refractivity contribution in [2.75, 3.05) is 32.9 Å². The maximum absolute atomic E-state index is 8.83. The number of hydrogen-bond donors (Lipinski definition) is 3. The van der Waals surface area contributed by atoms with E-state index >= 15 is 0 Å². The molecule has 106 valence electrons. The molecule has 0 bridgehead atoms. The van der Waals surface area contributed by atoms with Crippen LogP contribution in [0.25, 0.3) is 0 Å². The van der Waals surface area contributed by atoms with Gasteiger partial charge in [0.25, 0.3) is 0 Å². The van der Waals surface area contributed by atoms with Gasteiger partial charge in [0.2, 0.25) is 0 Å². The van der Waals surface area contributed by atoms with Gasteiger partial charge in [-0.2, -0.15) is 0 Å². The zero-order valence-corrected chi connectivity index (χ0v) is 11.3. The largest absolute Gasteiger partial charge is 0.486 e. The summed E-state index contributed by atoms with van der Waals surface area (Å²) in [6.07, 6.45) is 0.903. The van der Waals surface area contributed by atoms with Gasteiger partial charge in [0, 0.05) is 12.6 Å². The van der Waals surface area contributed by atoms with Crippen LogP contribution < -0.4 is 20.5 Å². The first kappa shape index (κ1) is 14.1. The summed E-state index contributed by atoms with van der Waals surface area (Å²) in [7, 11) is 0. The fraction of sp³-hybridized carbons (Fsp3) is 0.571. The molecule has 0 radical (unpaired) electrons. The molecule has 5 nitrogen and oxygen atoms in total. The first-order chi connectivity index (χ1) is 9.20. The fourth-order valence-corrected chi connectivity index (χ4v) is 2.08. The van der Waals surface area contributed by atoms with Crippen molar-refractivity contribution in [3.8, 4) is 11.5 Å². The zero-order chi connectivity index (χ0) is 13.7. The molecule has 0 aliphatic carbocycles. The molecule has 4 N–H and O–H groups in total. The van der Waals surface area contributed by atoms with E-state index in [4.69, 9.17) is 20.3 Å². The van der Waals surface area contributed by atoms with Crippen LogP contribution in [0.4, 0.5) is 0 Å². The van der Waals surface area contributed by atoms with Gasteiger partial charge in [-0.15, -0.1) is 0 Å². The summed E-state index contributed by atoms with van der Waals surface area (Å²) in [6, 6.07) is 3.89. The second-order valence-corrected chi connectivity index (χ2v) is 4.82. The van der Waals surface area contributed by atoms with Gasteiger partial charge in [-0.05, 0) is 43.1 Å². The normalized spacial score (nSPS) is 15.3. The molecule has 0 fully saturated rings. The van der Waals surface area contributed by atoms with Crippen molar-refractivity contribution in [3.05, 3.63) is 23.3 Å². The van der Waals surface area contributed by atoms with E-state index in [2.05, 4.69) is 18.3 Å². The standard InChI is InChI=1S/C14H22N2O3/c1-10-6-13-14(19-5-4-18-13)7-11(10)2-3-16-8-12(15)9-17/h6-7,12,16-17H,2-5,8-9,15H2,1H3. The summed E-state index contributed by atoms with van der Waals surface area (Å²) in [5.74, 6) is 1.67. The molecular formula is C14H22N2O3. The molecular weight excluding hydrogens is 244 g/mol. The minimum atomic E-state index is -0.193. The maximum Gasteiger partial charge on any atom is 0.161 e. The van der Waals surface area contributed by atoms with Crippen molar-refractivity contribution < 1.29 is 14.6 Å². The van der Waals surface area contributed by atoms with Crippen LogP contribution in [0.2, 0.25) is 0 Å². The van der Waals surface area contributed by atoms with E-state index in [9.17, 15) is 0 Å². The fourth-order valence-electron chi connectivity index (χ4n) is 2.08. The summed E-state index contributed by atoms with van der Waals surface area (Å²) in [5, 5.41) is 12.1. The van der Waals surface area contributed by atoms with E-state index in [-0.39, 0.29) is 12.6 Å². The van der Waals surface area contributed by atoms with Crippen LogP contribution in [0.3, 0.4) is 0 Å². The van der Waals surface area contributed by atoms with Gasteiger partial charge < -0.3 is 25.6 Å². The molecule has 1 heterocycles. The van der Waals surface area contributed by atoms with Gasteiger partial charge in [0.1, 0.15) is 13.2 Å². The van der Waals surface area contributed by atoms with Crippen molar-refractivity contribution in [2.45, 2.75) is 19.4 Å². The van der Waals surface area contributed by atoms with Crippen LogP contribution in [0, 0.1) is 6.92 Å². The average Bonchev–Trinajstić information content (AvgIpc) is 2.43. The summed E-state index contributed by atoms with van der Waals surface area (Å²) in [5.41, 5.74) is 8.08. The Morgan fingerprint density at radius 1 is 1.32 bits per heavy atom.